The summed E-state index contributed by atoms with van der Waals surface area (Å²) in [5, 5.41) is 18.0. The highest BCUT2D eigenvalue weighted by Gasteiger charge is 2.27. The van der Waals surface area contributed by atoms with E-state index in [-0.39, 0.29) is 19.4 Å². The molecule has 0 radical (unpaired) electrons. The predicted molar refractivity (Wildman–Crippen MR) is 141 cm³/mol. The minimum absolute atomic E-state index is 0.180. The lowest BCUT2D eigenvalue weighted by Gasteiger charge is -2.20. The number of hydrogen-bond acceptors (Lipinski definition) is 9. The smallest absolute Gasteiger partial charge is 0.462 e. The molecule has 0 aromatic carbocycles. The fourth-order valence-electron chi connectivity index (χ4n) is 3.52. The number of rotatable bonds is 26. The molecule has 0 saturated carbocycles. The molecule has 0 aliphatic heterocycles. The molecule has 0 fully saturated rings. The molecule has 0 bridgehead atoms. The maximum absolute atomic E-state index is 12.2. The Bertz CT molecular complexity index is 616. The van der Waals surface area contributed by atoms with E-state index >= 15 is 0 Å². The molecule has 0 aliphatic carbocycles. The predicted octanol–water partition coefficient (Wildman–Crippen LogP) is 5.21. The molecule has 0 aliphatic rings. The van der Waals surface area contributed by atoms with Crippen LogP contribution in [0.5, 0.6) is 0 Å². The van der Waals surface area contributed by atoms with Gasteiger partial charge in [-0.25, -0.2) is 4.57 Å². The first-order valence-electron chi connectivity index (χ1n) is 14.0. The number of phosphoric acid groups is 1. The lowest BCUT2D eigenvalue weighted by Crippen LogP contribution is -2.29. The average molecular weight is 555 g/mol. The number of esters is 2. The summed E-state index contributed by atoms with van der Waals surface area (Å²) in [5.41, 5.74) is 0. The fraction of sp³-hybridized carbons (Fsp3) is 0.923. The summed E-state index contributed by atoms with van der Waals surface area (Å²) in [7, 11) is -4.58. The summed E-state index contributed by atoms with van der Waals surface area (Å²) >= 11 is 0. The van der Waals surface area contributed by atoms with Crippen LogP contribution in [0, 0.1) is 0 Å². The van der Waals surface area contributed by atoms with E-state index < -0.39 is 51.8 Å². The molecular formula is C26H51O10P. The van der Waals surface area contributed by atoms with Crippen LogP contribution in [-0.2, 0) is 32.7 Å². The highest BCUT2D eigenvalue weighted by molar-refractivity contribution is 7.47. The third-order valence-corrected chi connectivity index (χ3v) is 6.71. The van der Waals surface area contributed by atoms with E-state index in [0.717, 1.165) is 38.5 Å². The van der Waals surface area contributed by atoms with Crippen molar-refractivity contribution in [2.24, 2.45) is 0 Å². The third kappa shape index (κ3) is 23.8. The van der Waals surface area contributed by atoms with Crippen LogP contribution in [0.3, 0.4) is 0 Å². The van der Waals surface area contributed by atoms with Crippen LogP contribution in [0.2, 0.25) is 0 Å². The molecule has 0 aromatic heterocycles. The first-order valence-corrected chi connectivity index (χ1v) is 15.5. The molecular weight excluding hydrogens is 503 g/mol. The molecule has 10 nitrogen and oxygen atoms in total. The zero-order valence-corrected chi connectivity index (χ0v) is 23.8. The Morgan fingerprint density at radius 1 is 0.703 bits per heavy atom. The third-order valence-electron chi connectivity index (χ3n) is 5.76. The minimum Gasteiger partial charge on any atom is -0.462 e. The zero-order chi connectivity index (χ0) is 27.8. The van der Waals surface area contributed by atoms with Gasteiger partial charge in [-0.05, 0) is 12.8 Å². The van der Waals surface area contributed by atoms with Gasteiger partial charge >= 0.3 is 19.8 Å². The van der Waals surface area contributed by atoms with Crippen molar-refractivity contribution in [1.29, 1.82) is 0 Å². The van der Waals surface area contributed by atoms with Crippen molar-refractivity contribution in [1.82, 2.24) is 0 Å². The van der Waals surface area contributed by atoms with Gasteiger partial charge in [-0.1, -0.05) is 90.9 Å². The molecule has 0 spiro atoms. The summed E-state index contributed by atoms with van der Waals surface area (Å²) in [5.74, 6) is -0.946. The van der Waals surface area contributed by atoms with Crippen LogP contribution in [0.4, 0.5) is 0 Å². The first-order chi connectivity index (χ1) is 17.7. The van der Waals surface area contributed by atoms with E-state index in [0.29, 0.717) is 12.8 Å². The lowest BCUT2D eigenvalue weighted by atomic mass is 10.1. The van der Waals surface area contributed by atoms with Gasteiger partial charge in [0.2, 0.25) is 0 Å². The van der Waals surface area contributed by atoms with Gasteiger partial charge in [0.25, 0.3) is 0 Å². The molecule has 3 atom stereocenters. The van der Waals surface area contributed by atoms with Crippen LogP contribution in [0.1, 0.15) is 117 Å². The topological polar surface area (TPSA) is 149 Å². The second-order valence-electron chi connectivity index (χ2n) is 9.43. The van der Waals surface area contributed by atoms with Crippen molar-refractivity contribution in [2.75, 3.05) is 26.4 Å². The summed E-state index contributed by atoms with van der Waals surface area (Å²) in [6, 6.07) is 0. The minimum atomic E-state index is -4.58. The van der Waals surface area contributed by atoms with E-state index in [4.69, 9.17) is 19.1 Å². The van der Waals surface area contributed by atoms with Crippen molar-refractivity contribution in [2.45, 2.75) is 129 Å². The van der Waals surface area contributed by atoms with Crippen molar-refractivity contribution < 1.29 is 47.8 Å². The monoisotopic (exact) mass is 554 g/mol. The molecule has 11 heteroatoms. The molecule has 0 amide bonds. The molecule has 37 heavy (non-hydrogen) atoms. The Balaban J connectivity index is 4.40. The zero-order valence-electron chi connectivity index (χ0n) is 22.9. The first kappa shape index (κ1) is 36.0. The molecule has 1 unspecified atom stereocenters. The van der Waals surface area contributed by atoms with E-state index in [1.165, 1.54) is 38.5 Å². The summed E-state index contributed by atoms with van der Waals surface area (Å²) in [6.07, 6.45) is 13.1. The second-order valence-corrected chi connectivity index (χ2v) is 10.9. The Morgan fingerprint density at radius 2 is 1.16 bits per heavy atom. The van der Waals surface area contributed by atoms with Crippen LogP contribution in [0.25, 0.3) is 0 Å². The van der Waals surface area contributed by atoms with Gasteiger partial charge in [0, 0.05) is 12.8 Å². The highest BCUT2D eigenvalue weighted by Crippen LogP contribution is 2.43. The number of carbonyl (C=O) groups excluding carboxylic acids is 2. The van der Waals surface area contributed by atoms with Gasteiger partial charge in [-0.3, -0.25) is 18.6 Å². The average Bonchev–Trinajstić information content (AvgIpc) is 2.88. The van der Waals surface area contributed by atoms with Crippen molar-refractivity contribution in [3.8, 4) is 0 Å². The van der Waals surface area contributed by atoms with Crippen molar-refractivity contribution in [3.05, 3.63) is 0 Å². The van der Waals surface area contributed by atoms with E-state index in [1.54, 1.807) is 0 Å². The number of hydrogen-bond donors (Lipinski definition) is 3. The summed E-state index contributed by atoms with van der Waals surface area (Å²) in [4.78, 5) is 34.1. The number of phosphoric ester groups is 1. The molecule has 3 N–H and O–H groups in total. The second kappa shape index (κ2) is 24.0. The number of ether oxygens (including phenoxy) is 2. The molecule has 0 rings (SSSR count). The van der Waals surface area contributed by atoms with Crippen LogP contribution >= 0.6 is 7.82 Å². The normalized spacial score (nSPS) is 14.6. The lowest BCUT2D eigenvalue weighted by molar-refractivity contribution is -0.161. The van der Waals surface area contributed by atoms with Gasteiger partial charge < -0.3 is 24.6 Å². The number of carbonyl (C=O) groups is 2. The molecule has 220 valence electrons. The SMILES string of the molecule is CCCCCCCCCCCCC(=O)OC[C@H](COP(=O)(O)OC[C@@H](O)CO)OC(=O)CCCCCC. The Labute approximate surface area is 223 Å². The van der Waals surface area contributed by atoms with Gasteiger partial charge in [0.05, 0.1) is 19.8 Å². The van der Waals surface area contributed by atoms with E-state index in [9.17, 15) is 24.2 Å². The van der Waals surface area contributed by atoms with Crippen molar-refractivity contribution >= 4 is 19.8 Å². The molecule has 0 aromatic rings. The maximum atomic E-state index is 12.2. The van der Waals surface area contributed by atoms with Crippen LogP contribution in [0.15, 0.2) is 0 Å². The quantitative estimate of drug-likeness (QED) is 0.0739. The Morgan fingerprint density at radius 3 is 1.70 bits per heavy atom. The van der Waals surface area contributed by atoms with Gasteiger partial charge in [0.1, 0.15) is 12.7 Å². The Hall–Kier alpha value is -1.03. The number of unbranched alkanes of at least 4 members (excludes halogenated alkanes) is 12. The van der Waals surface area contributed by atoms with Crippen LogP contribution < -0.4 is 0 Å². The van der Waals surface area contributed by atoms with Gasteiger partial charge in [-0.15, -0.1) is 0 Å². The Kier molecular flexibility index (Phi) is 23.4. The fourth-order valence-corrected chi connectivity index (χ4v) is 4.31. The van der Waals surface area contributed by atoms with Crippen molar-refractivity contribution in [3.63, 3.8) is 0 Å². The molecule has 0 heterocycles. The highest BCUT2D eigenvalue weighted by atomic mass is 31.2. The van der Waals surface area contributed by atoms with E-state index in [2.05, 4.69) is 18.4 Å². The standard InChI is InChI=1S/C26H51O10P/c1-3-5-7-9-10-11-12-13-14-16-17-25(29)33-21-24(36-26(30)18-15-8-6-4-2)22-35-37(31,32)34-20-23(28)19-27/h23-24,27-28H,3-22H2,1-2H3,(H,31,32)/t23-,24+/m0/s1. The largest absolute Gasteiger partial charge is 0.472 e. The maximum Gasteiger partial charge on any atom is 0.472 e. The number of aliphatic hydroxyl groups excluding tert-OH is 2. The summed E-state index contributed by atoms with van der Waals surface area (Å²) < 4.78 is 32.0. The van der Waals surface area contributed by atoms with E-state index in [1.807, 2.05) is 0 Å². The summed E-state index contributed by atoms with van der Waals surface area (Å²) in [6.45, 7) is 2.17. The van der Waals surface area contributed by atoms with Crippen LogP contribution in [-0.4, -0.2) is 65.7 Å². The molecule has 0 saturated heterocycles. The number of aliphatic hydroxyl groups is 2. The van der Waals surface area contributed by atoms with Gasteiger partial charge in [-0.2, -0.15) is 0 Å². The van der Waals surface area contributed by atoms with Gasteiger partial charge in [0.15, 0.2) is 6.10 Å².